The highest BCUT2D eigenvalue weighted by Gasteiger charge is 2.35. The van der Waals surface area contributed by atoms with Gasteiger partial charge in [0.05, 0.1) is 19.5 Å². The van der Waals surface area contributed by atoms with Crippen molar-refractivity contribution in [3.05, 3.63) is 64.7 Å². The summed E-state index contributed by atoms with van der Waals surface area (Å²) < 4.78 is 46.3. The minimum absolute atomic E-state index is 0.109. The fourth-order valence-electron chi connectivity index (χ4n) is 3.85. The van der Waals surface area contributed by atoms with E-state index in [1.165, 1.54) is 32.2 Å². The van der Waals surface area contributed by atoms with Crippen LogP contribution in [0.15, 0.2) is 47.5 Å². The topological polar surface area (TPSA) is 144 Å². The summed E-state index contributed by atoms with van der Waals surface area (Å²) in [5.74, 6) is 0.552. The number of hydrogen-bond acceptors (Lipinski definition) is 11. The van der Waals surface area contributed by atoms with Gasteiger partial charge in [-0.1, -0.05) is 28.1 Å². The molecule has 0 aliphatic rings. The molecule has 0 saturated heterocycles. The average molecular weight is 604 g/mol. The minimum atomic E-state index is -3.89. The Morgan fingerprint density at radius 2 is 1.66 bits per heavy atom. The molecule has 14 heteroatoms. The third kappa shape index (κ3) is 5.51. The lowest BCUT2D eigenvalue weighted by atomic mass is 10.2. The van der Waals surface area contributed by atoms with Gasteiger partial charge in [0.1, 0.15) is 18.2 Å². The molecule has 0 fully saturated rings. The monoisotopic (exact) mass is 603 g/mol. The van der Waals surface area contributed by atoms with Crippen molar-refractivity contribution in [3.63, 3.8) is 0 Å². The predicted molar refractivity (Wildman–Crippen MR) is 142 cm³/mol. The van der Waals surface area contributed by atoms with Crippen molar-refractivity contribution in [2.45, 2.75) is 31.0 Å². The van der Waals surface area contributed by atoms with Crippen molar-refractivity contribution in [3.8, 4) is 28.8 Å². The molecule has 4 aromatic rings. The second kappa shape index (κ2) is 11.5. The van der Waals surface area contributed by atoms with Crippen molar-refractivity contribution < 1.29 is 22.6 Å². The lowest BCUT2D eigenvalue weighted by Gasteiger charge is -2.22. The van der Waals surface area contributed by atoms with E-state index in [2.05, 4.69) is 46.1 Å². The molecule has 0 N–H and O–H groups in total. The highest BCUT2D eigenvalue weighted by molar-refractivity contribution is 9.10. The summed E-state index contributed by atoms with van der Waals surface area (Å²) in [7, 11) is 0.416. The number of methoxy groups -OCH3 is 3. The fraction of sp³-hybridized carbons (Fsp3) is 0.333. The molecule has 0 aliphatic heterocycles. The normalized spacial score (nSPS) is 13.2. The molecule has 4 rings (SSSR count). The van der Waals surface area contributed by atoms with Crippen molar-refractivity contribution in [2.24, 2.45) is 0 Å². The first kappa shape index (κ1) is 27.5. The first-order valence-electron chi connectivity index (χ1n) is 11.4. The molecule has 3 heterocycles. The van der Waals surface area contributed by atoms with Crippen LogP contribution in [-0.2, 0) is 20.3 Å². The Hall–Kier alpha value is -3.49. The van der Waals surface area contributed by atoms with Crippen LogP contribution in [0.4, 0.5) is 0 Å². The first-order valence-corrected chi connectivity index (χ1v) is 13.9. The van der Waals surface area contributed by atoms with Gasteiger partial charge in [0.2, 0.25) is 11.8 Å². The number of ether oxygens (including phenoxy) is 3. The van der Waals surface area contributed by atoms with Crippen LogP contribution < -0.4 is 9.47 Å². The zero-order valence-electron chi connectivity index (χ0n) is 21.4. The van der Waals surface area contributed by atoms with Gasteiger partial charge in [-0.15, -0.1) is 10.2 Å². The molecule has 0 amide bonds. The summed E-state index contributed by atoms with van der Waals surface area (Å²) in [5.41, 5.74) is 1.78. The largest absolute Gasteiger partial charge is 0.479 e. The maximum Gasteiger partial charge on any atom is 0.245 e. The molecular formula is C24H26BrN7O5S. The van der Waals surface area contributed by atoms with E-state index in [1.54, 1.807) is 19.3 Å². The van der Waals surface area contributed by atoms with Crippen molar-refractivity contribution in [1.82, 2.24) is 34.7 Å². The van der Waals surface area contributed by atoms with Crippen molar-refractivity contribution in [1.29, 1.82) is 0 Å². The molecule has 1 aromatic carbocycles. The highest BCUT2D eigenvalue weighted by atomic mass is 79.9. The molecule has 38 heavy (non-hydrogen) atoms. The minimum Gasteiger partial charge on any atom is -0.479 e. The third-order valence-corrected chi connectivity index (χ3v) is 8.34. The van der Waals surface area contributed by atoms with Gasteiger partial charge in [-0.25, -0.2) is 18.4 Å². The zero-order chi connectivity index (χ0) is 27.4. The van der Waals surface area contributed by atoms with Crippen LogP contribution in [0.2, 0.25) is 0 Å². The van der Waals surface area contributed by atoms with Crippen LogP contribution >= 0.6 is 15.9 Å². The van der Waals surface area contributed by atoms with E-state index < -0.39 is 26.9 Å². The van der Waals surface area contributed by atoms with Crippen LogP contribution in [-0.4, -0.2) is 69.7 Å². The van der Waals surface area contributed by atoms with Gasteiger partial charge in [0, 0.05) is 29.5 Å². The standard InChI is InChI=1S/C24H26BrN7O5S/c1-14-10-26-21(27-11-14)20(35-3)15(2)38(33,34)12-18-30-31-22(16-7-6-8-17(25)9-16)32(18)19-23(36-4)28-13-29-24(19)37-5/h6-11,13,15,20H,12H2,1-5H3/t15-,20-/m0/s1. The number of sulfone groups is 1. The Morgan fingerprint density at radius 3 is 2.24 bits per heavy atom. The molecule has 2 atom stereocenters. The van der Waals surface area contributed by atoms with Crippen molar-refractivity contribution in [2.75, 3.05) is 21.3 Å². The summed E-state index contributed by atoms with van der Waals surface area (Å²) >= 11 is 3.47. The van der Waals surface area contributed by atoms with E-state index in [0.717, 1.165) is 10.0 Å². The number of rotatable bonds is 10. The Morgan fingerprint density at radius 1 is 1.00 bits per heavy atom. The summed E-state index contributed by atoms with van der Waals surface area (Å²) in [4.78, 5) is 16.9. The van der Waals surface area contributed by atoms with Crippen LogP contribution in [0.5, 0.6) is 11.8 Å². The molecule has 0 saturated carbocycles. The summed E-state index contributed by atoms with van der Waals surface area (Å²) in [6.45, 7) is 3.40. The predicted octanol–water partition coefficient (Wildman–Crippen LogP) is 3.29. The van der Waals surface area contributed by atoms with Crippen LogP contribution in [0, 0.1) is 6.92 Å². The zero-order valence-corrected chi connectivity index (χ0v) is 23.8. The number of hydrogen-bond donors (Lipinski definition) is 0. The molecule has 0 aliphatic carbocycles. The number of benzene rings is 1. The van der Waals surface area contributed by atoms with E-state index in [0.29, 0.717) is 11.4 Å². The molecule has 3 aromatic heterocycles. The van der Waals surface area contributed by atoms with Gasteiger partial charge in [0.15, 0.2) is 33.0 Å². The number of nitrogens with zero attached hydrogens (tertiary/aromatic N) is 7. The lowest BCUT2D eigenvalue weighted by Crippen LogP contribution is -2.30. The van der Waals surface area contributed by atoms with E-state index >= 15 is 0 Å². The van der Waals surface area contributed by atoms with Gasteiger partial charge < -0.3 is 14.2 Å². The Balaban J connectivity index is 1.84. The van der Waals surface area contributed by atoms with Gasteiger partial charge in [0.25, 0.3) is 0 Å². The second-order valence-corrected chi connectivity index (χ2v) is 11.6. The fourth-order valence-corrected chi connectivity index (χ4v) is 5.67. The van der Waals surface area contributed by atoms with Crippen molar-refractivity contribution >= 4 is 25.8 Å². The van der Waals surface area contributed by atoms with E-state index in [9.17, 15) is 8.42 Å². The molecule has 0 unspecified atom stereocenters. The van der Waals surface area contributed by atoms with Crippen LogP contribution in [0.3, 0.4) is 0 Å². The quantitative estimate of drug-likeness (QED) is 0.263. The first-order chi connectivity index (χ1) is 18.2. The van der Waals surface area contributed by atoms with Gasteiger partial charge in [-0.2, -0.15) is 9.97 Å². The lowest BCUT2D eigenvalue weighted by molar-refractivity contribution is 0.0947. The van der Waals surface area contributed by atoms with Crippen LogP contribution in [0.25, 0.3) is 17.1 Å². The average Bonchev–Trinajstić information content (AvgIpc) is 3.31. The third-order valence-electron chi connectivity index (χ3n) is 5.81. The number of halogens is 1. The summed E-state index contributed by atoms with van der Waals surface area (Å²) in [6.07, 6.45) is 3.61. The van der Waals surface area contributed by atoms with Gasteiger partial charge in [-0.05, 0) is 31.5 Å². The smallest absolute Gasteiger partial charge is 0.245 e. The van der Waals surface area contributed by atoms with Gasteiger partial charge >= 0.3 is 0 Å². The number of aromatic nitrogens is 7. The maximum atomic E-state index is 13.7. The van der Waals surface area contributed by atoms with E-state index in [1.807, 2.05) is 31.2 Å². The second-order valence-electron chi connectivity index (χ2n) is 8.31. The number of aryl methyl sites for hydroxylation is 1. The highest BCUT2D eigenvalue weighted by Crippen LogP contribution is 2.35. The maximum absolute atomic E-state index is 13.7. The molecule has 0 radical (unpaired) electrons. The summed E-state index contributed by atoms with van der Waals surface area (Å²) in [6, 6.07) is 7.35. The molecule has 12 nitrogen and oxygen atoms in total. The Bertz CT molecular complexity index is 1510. The SMILES string of the molecule is COc1ncnc(OC)c1-n1c(CS(=O)(=O)[C@@H](C)[C@H](OC)c2ncc(C)cn2)nnc1-c1cccc(Br)c1. The molecular weight excluding hydrogens is 578 g/mol. The van der Waals surface area contributed by atoms with Gasteiger partial charge in [-0.3, -0.25) is 4.57 Å². The molecule has 0 spiro atoms. The van der Waals surface area contributed by atoms with E-state index in [-0.39, 0.29) is 29.1 Å². The molecule has 0 bridgehead atoms. The summed E-state index contributed by atoms with van der Waals surface area (Å²) in [5, 5.41) is 7.59. The Labute approximate surface area is 228 Å². The van der Waals surface area contributed by atoms with E-state index in [4.69, 9.17) is 14.2 Å². The Kier molecular flexibility index (Phi) is 8.33. The molecule has 200 valence electrons. The van der Waals surface area contributed by atoms with Crippen LogP contribution in [0.1, 0.15) is 30.2 Å².